The minimum atomic E-state index is -0.792. The molecule has 3 heteroatoms. The fraction of sp³-hybridized carbons (Fsp3) is 0.462. The Bertz CT molecular complexity index is 826. The standard InChI is InChI=1S/C26H32F2Si/c1-2-15-29-16-13-23(14-17-29)21-5-3-19(4-6-21)20-7-9-22(10-8-20)24-11-12-25(27)26(28)18-24/h2,7-12,15,18-19,21,23,29H,3-6,13-14,16-17H2,1H3. The maximum Gasteiger partial charge on any atom is 0.159 e. The van der Waals surface area contributed by atoms with E-state index in [0.29, 0.717) is 5.92 Å². The van der Waals surface area contributed by atoms with Crippen molar-refractivity contribution >= 4 is 8.80 Å². The zero-order valence-electron chi connectivity index (χ0n) is 17.4. The molecule has 0 bridgehead atoms. The second kappa shape index (κ2) is 9.38. The van der Waals surface area contributed by atoms with Gasteiger partial charge >= 0.3 is 0 Å². The molecule has 29 heavy (non-hydrogen) atoms. The van der Waals surface area contributed by atoms with Crippen LogP contribution in [0, 0.1) is 23.5 Å². The zero-order valence-corrected chi connectivity index (χ0v) is 18.6. The van der Waals surface area contributed by atoms with E-state index in [2.05, 4.69) is 43.0 Å². The fourth-order valence-electron chi connectivity index (χ4n) is 5.63. The van der Waals surface area contributed by atoms with Crippen molar-refractivity contribution in [3.63, 3.8) is 0 Å². The van der Waals surface area contributed by atoms with Crippen LogP contribution in [0.15, 0.2) is 54.2 Å². The molecule has 1 heterocycles. The number of rotatable bonds is 4. The molecule has 1 aliphatic carbocycles. The summed E-state index contributed by atoms with van der Waals surface area (Å²) < 4.78 is 26.7. The first-order valence-corrected chi connectivity index (χ1v) is 13.6. The summed E-state index contributed by atoms with van der Waals surface area (Å²) in [4.78, 5) is 0. The molecule has 1 aliphatic heterocycles. The van der Waals surface area contributed by atoms with Gasteiger partial charge in [0.1, 0.15) is 0 Å². The van der Waals surface area contributed by atoms with Gasteiger partial charge in [0.05, 0.1) is 8.80 Å². The molecule has 2 fully saturated rings. The van der Waals surface area contributed by atoms with Crippen molar-refractivity contribution in [1.29, 1.82) is 0 Å². The molecule has 0 unspecified atom stereocenters. The van der Waals surface area contributed by atoms with Gasteiger partial charge in [-0.15, -0.1) is 5.70 Å². The Labute approximate surface area is 175 Å². The Hall–Kier alpha value is -1.74. The average molecular weight is 411 g/mol. The van der Waals surface area contributed by atoms with Crippen molar-refractivity contribution in [3.8, 4) is 11.1 Å². The third-order valence-corrected chi connectivity index (χ3v) is 10.4. The molecule has 0 spiro atoms. The Morgan fingerprint density at radius 1 is 0.759 bits per heavy atom. The van der Waals surface area contributed by atoms with Crippen LogP contribution in [0.3, 0.4) is 0 Å². The summed E-state index contributed by atoms with van der Waals surface area (Å²) in [5, 5.41) is 0. The van der Waals surface area contributed by atoms with E-state index in [4.69, 9.17) is 0 Å². The van der Waals surface area contributed by atoms with Crippen LogP contribution < -0.4 is 0 Å². The van der Waals surface area contributed by atoms with Crippen LogP contribution in [0.5, 0.6) is 0 Å². The molecule has 154 valence electrons. The van der Waals surface area contributed by atoms with E-state index in [1.807, 2.05) is 0 Å². The van der Waals surface area contributed by atoms with E-state index in [1.165, 1.54) is 68.3 Å². The van der Waals surface area contributed by atoms with Gasteiger partial charge < -0.3 is 0 Å². The summed E-state index contributed by atoms with van der Waals surface area (Å²) in [5.74, 6) is 0.986. The van der Waals surface area contributed by atoms with E-state index >= 15 is 0 Å². The van der Waals surface area contributed by atoms with Crippen molar-refractivity contribution in [3.05, 3.63) is 71.4 Å². The Balaban J connectivity index is 1.32. The highest BCUT2D eigenvalue weighted by atomic mass is 28.3. The fourth-order valence-corrected chi connectivity index (χ4v) is 8.56. The van der Waals surface area contributed by atoms with Crippen LogP contribution in [0.1, 0.15) is 56.9 Å². The van der Waals surface area contributed by atoms with Crippen LogP contribution in [0.25, 0.3) is 11.1 Å². The van der Waals surface area contributed by atoms with Gasteiger partial charge in [-0.3, -0.25) is 0 Å². The summed E-state index contributed by atoms with van der Waals surface area (Å²) in [6.45, 7) is 2.17. The topological polar surface area (TPSA) is 0 Å². The molecule has 1 saturated carbocycles. The number of allylic oxidation sites excluding steroid dienone is 1. The number of halogens is 2. The number of hydrogen-bond donors (Lipinski definition) is 0. The quantitative estimate of drug-likeness (QED) is 0.454. The highest BCUT2D eigenvalue weighted by molar-refractivity contribution is 6.64. The van der Waals surface area contributed by atoms with Crippen LogP contribution in [0.2, 0.25) is 12.1 Å². The van der Waals surface area contributed by atoms with Gasteiger partial charge in [-0.25, -0.2) is 8.78 Å². The van der Waals surface area contributed by atoms with Crippen molar-refractivity contribution in [2.75, 3.05) is 0 Å². The normalized spacial score (nSPS) is 28.0. The first kappa shape index (κ1) is 20.5. The molecule has 0 radical (unpaired) electrons. The van der Waals surface area contributed by atoms with Gasteiger partial charge in [-0.1, -0.05) is 61.3 Å². The van der Waals surface area contributed by atoms with Crippen molar-refractivity contribution < 1.29 is 8.78 Å². The molecule has 0 nitrogen and oxygen atoms in total. The molecule has 2 aromatic rings. The molecular weight excluding hydrogens is 378 g/mol. The van der Waals surface area contributed by atoms with Crippen LogP contribution >= 0.6 is 0 Å². The van der Waals surface area contributed by atoms with Gasteiger partial charge in [0, 0.05) is 0 Å². The molecule has 1 saturated heterocycles. The molecule has 2 aromatic carbocycles. The highest BCUT2D eigenvalue weighted by Crippen LogP contribution is 2.43. The SMILES string of the molecule is CC=C[SiH]1CCC(C2CCC(c3ccc(-c4ccc(F)c(F)c4)cc3)CC2)CC1. The maximum absolute atomic E-state index is 13.5. The third kappa shape index (κ3) is 4.88. The molecule has 0 amide bonds. The van der Waals surface area contributed by atoms with Gasteiger partial charge in [0.2, 0.25) is 0 Å². The summed E-state index contributed by atoms with van der Waals surface area (Å²) in [7, 11) is -0.542. The smallest absolute Gasteiger partial charge is 0.159 e. The Morgan fingerprint density at radius 3 is 2.00 bits per heavy atom. The van der Waals surface area contributed by atoms with E-state index in [1.54, 1.807) is 6.07 Å². The minimum absolute atomic E-state index is 0.542. The number of benzene rings is 2. The second-order valence-electron chi connectivity index (χ2n) is 9.06. The molecular formula is C26H32F2Si. The second-order valence-corrected chi connectivity index (χ2v) is 12.1. The van der Waals surface area contributed by atoms with Crippen molar-refractivity contribution in [2.45, 2.75) is 63.5 Å². The summed E-state index contributed by atoms with van der Waals surface area (Å²) in [6, 6.07) is 15.7. The molecule has 2 aliphatic rings. The van der Waals surface area contributed by atoms with Crippen LogP contribution in [-0.4, -0.2) is 8.80 Å². The largest absolute Gasteiger partial charge is 0.204 e. The first-order chi connectivity index (χ1) is 14.1. The van der Waals surface area contributed by atoms with Gasteiger partial charge in [0.25, 0.3) is 0 Å². The van der Waals surface area contributed by atoms with Crippen molar-refractivity contribution in [1.82, 2.24) is 0 Å². The lowest BCUT2D eigenvalue weighted by molar-refractivity contribution is 0.216. The summed E-state index contributed by atoms with van der Waals surface area (Å²) in [5.41, 5.74) is 5.62. The lowest BCUT2D eigenvalue weighted by Crippen LogP contribution is -2.27. The Morgan fingerprint density at radius 2 is 1.38 bits per heavy atom. The highest BCUT2D eigenvalue weighted by Gasteiger charge is 2.31. The van der Waals surface area contributed by atoms with Crippen LogP contribution in [-0.2, 0) is 0 Å². The zero-order chi connectivity index (χ0) is 20.2. The van der Waals surface area contributed by atoms with Gasteiger partial charge in [0.15, 0.2) is 11.6 Å². The van der Waals surface area contributed by atoms with Crippen LogP contribution in [0.4, 0.5) is 8.78 Å². The van der Waals surface area contributed by atoms with E-state index in [0.717, 1.165) is 23.0 Å². The predicted octanol–water partition coefficient (Wildman–Crippen LogP) is 7.66. The molecule has 0 atom stereocenters. The number of hydrogen-bond acceptors (Lipinski definition) is 0. The lowest BCUT2D eigenvalue weighted by Gasteiger charge is -2.37. The molecule has 0 aromatic heterocycles. The third-order valence-electron chi connectivity index (χ3n) is 7.35. The summed E-state index contributed by atoms with van der Waals surface area (Å²) in [6.07, 6.45) is 10.5. The molecule has 4 rings (SSSR count). The minimum Gasteiger partial charge on any atom is -0.204 e. The molecule has 0 N–H and O–H groups in total. The van der Waals surface area contributed by atoms with Gasteiger partial charge in [-0.2, -0.15) is 0 Å². The average Bonchev–Trinajstić information content (AvgIpc) is 2.77. The van der Waals surface area contributed by atoms with E-state index in [9.17, 15) is 8.78 Å². The maximum atomic E-state index is 13.5. The summed E-state index contributed by atoms with van der Waals surface area (Å²) >= 11 is 0. The van der Waals surface area contributed by atoms with E-state index in [-0.39, 0.29) is 0 Å². The van der Waals surface area contributed by atoms with Gasteiger partial charge in [-0.05, 0) is 79.2 Å². The Kier molecular flexibility index (Phi) is 6.64. The first-order valence-electron chi connectivity index (χ1n) is 11.3. The monoisotopic (exact) mass is 410 g/mol. The van der Waals surface area contributed by atoms with E-state index < -0.39 is 20.4 Å². The van der Waals surface area contributed by atoms with Crippen molar-refractivity contribution in [2.24, 2.45) is 11.8 Å². The predicted molar refractivity (Wildman–Crippen MR) is 121 cm³/mol. The lowest BCUT2D eigenvalue weighted by atomic mass is 9.72.